The van der Waals surface area contributed by atoms with Crippen molar-refractivity contribution in [1.29, 1.82) is 0 Å². The number of halogens is 1. The first-order valence-corrected chi connectivity index (χ1v) is 6.51. The monoisotopic (exact) mass is 254 g/mol. The zero-order chi connectivity index (χ0) is 12.3. The number of nitrogens with two attached hydrogens (primary N) is 1. The Morgan fingerprint density at radius 3 is 3.06 bits per heavy atom. The standard InChI is InChI=1S/C12H15FN2OS/c13-10-6-9(3-4-11(10)14)17-8-2-1-5-15-12(16)7-8/h3-4,6,8H,1-2,5,7,14H2,(H,15,16). The predicted octanol–water partition coefficient (Wildman–Crippen LogP) is 2.17. The van der Waals surface area contributed by atoms with E-state index in [1.165, 1.54) is 6.07 Å². The lowest BCUT2D eigenvalue weighted by Crippen LogP contribution is -2.22. The van der Waals surface area contributed by atoms with Gasteiger partial charge in [-0.2, -0.15) is 0 Å². The molecule has 1 atom stereocenters. The maximum Gasteiger partial charge on any atom is 0.221 e. The molecule has 0 radical (unpaired) electrons. The van der Waals surface area contributed by atoms with Gasteiger partial charge in [-0.3, -0.25) is 4.79 Å². The Morgan fingerprint density at radius 1 is 1.47 bits per heavy atom. The number of amides is 1. The van der Waals surface area contributed by atoms with Crippen molar-refractivity contribution in [3.63, 3.8) is 0 Å². The van der Waals surface area contributed by atoms with Gasteiger partial charge in [0.2, 0.25) is 5.91 Å². The number of hydrogen-bond acceptors (Lipinski definition) is 3. The van der Waals surface area contributed by atoms with Gasteiger partial charge < -0.3 is 11.1 Å². The molecular formula is C12H15FN2OS. The maximum atomic E-state index is 13.3. The third-order valence-electron chi connectivity index (χ3n) is 2.71. The van der Waals surface area contributed by atoms with Crippen LogP contribution in [0.2, 0.25) is 0 Å². The van der Waals surface area contributed by atoms with Crippen LogP contribution in [0.1, 0.15) is 19.3 Å². The van der Waals surface area contributed by atoms with E-state index >= 15 is 0 Å². The Bertz CT molecular complexity index is 425. The fourth-order valence-electron chi connectivity index (χ4n) is 1.81. The van der Waals surface area contributed by atoms with Crippen LogP contribution in [0.3, 0.4) is 0 Å². The van der Waals surface area contributed by atoms with Crippen LogP contribution in [0.15, 0.2) is 23.1 Å². The molecule has 1 saturated heterocycles. The molecule has 3 nitrogen and oxygen atoms in total. The van der Waals surface area contributed by atoms with Crippen molar-refractivity contribution in [3.05, 3.63) is 24.0 Å². The minimum atomic E-state index is -0.395. The Balaban J connectivity index is 2.03. The Labute approximate surface area is 104 Å². The van der Waals surface area contributed by atoms with E-state index in [-0.39, 0.29) is 16.8 Å². The molecule has 1 unspecified atom stereocenters. The van der Waals surface area contributed by atoms with Crippen molar-refractivity contribution >= 4 is 23.4 Å². The van der Waals surface area contributed by atoms with Crippen LogP contribution in [-0.4, -0.2) is 17.7 Å². The summed E-state index contributed by atoms with van der Waals surface area (Å²) in [6, 6.07) is 4.79. The number of nitrogens with one attached hydrogen (secondary N) is 1. The maximum absolute atomic E-state index is 13.3. The first-order valence-electron chi connectivity index (χ1n) is 5.63. The lowest BCUT2D eigenvalue weighted by atomic mass is 10.2. The van der Waals surface area contributed by atoms with Crippen molar-refractivity contribution < 1.29 is 9.18 Å². The summed E-state index contributed by atoms with van der Waals surface area (Å²) in [4.78, 5) is 12.2. The molecule has 1 aliphatic heterocycles. The van der Waals surface area contributed by atoms with E-state index in [1.54, 1.807) is 23.9 Å². The predicted molar refractivity (Wildman–Crippen MR) is 67.3 cm³/mol. The summed E-state index contributed by atoms with van der Waals surface area (Å²) in [5.74, 6) is -0.316. The highest BCUT2D eigenvalue weighted by Gasteiger charge is 2.18. The van der Waals surface area contributed by atoms with E-state index in [4.69, 9.17) is 5.73 Å². The van der Waals surface area contributed by atoms with E-state index in [9.17, 15) is 9.18 Å². The van der Waals surface area contributed by atoms with E-state index in [2.05, 4.69) is 5.32 Å². The van der Waals surface area contributed by atoms with Crippen molar-refractivity contribution in [2.75, 3.05) is 12.3 Å². The molecule has 1 aromatic carbocycles. The molecule has 2 rings (SSSR count). The number of carbonyl (C=O) groups is 1. The van der Waals surface area contributed by atoms with Gasteiger partial charge in [0, 0.05) is 23.1 Å². The summed E-state index contributed by atoms with van der Waals surface area (Å²) >= 11 is 1.55. The summed E-state index contributed by atoms with van der Waals surface area (Å²) < 4.78 is 13.3. The van der Waals surface area contributed by atoms with Crippen LogP contribution in [0.4, 0.5) is 10.1 Å². The van der Waals surface area contributed by atoms with Gasteiger partial charge in [0.25, 0.3) is 0 Å². The average Bonchev–Trinajstić information content (AvgIpc) is 2.48. The highest BCUT2D eigenvalue weighted by molar-refractivity contribution is 8.00. The molecule has 0 spiro atoms. The zero-order valence-electron chi connectivity index (χ0n) is 9.41. The Morgan fingerprint density at radius 2 is 2.29 bits per heavy atom. The van der Waals surface area contributed by atoms with E-state index in [0.29, 0.717) is 6.42 Å². The van der Waals surface area contributed by atoms with Crippen LogP contribution in [0.5, 0.6) is 0 Å². The SMILES string of the molecule is Nc1ccc(SC2CCCNC(=O)C2)cc1F. The number of hydrogen-bond donors (Lipinski definition) is 2. The zero-order valence-corrected chi connectivity index (χ0v) is 10.2. The molecular weight excluding hydrogens is 239 g/mol. The summed E-state index contributed by atoms with van der Waals surface area (Å²) in [6.07, 6.45) is 2.44. The molecule has 0 aromatic heterocycles. The molecule has 1 amide bonds. The topological polar surface area (TPSA) is 55.1 Å². The van der Waals surface area contributed by atoms with Gasteiger partial charge in [0.15, 0.2) is 0 Å². The lowest BCUT2D eigenvalue weighted by Gasteiger charge is -2.12. The quantitative estimate of drug-likeness (QED) is 0.795. The molecule has 0 saturated carbocycles. The number of thioether (sulfide) groups is 1. The van der Waals surface area contributed by atoms with Gasteiger partial charge in [-0.25, -0.2) is 4.39 Å². The average molecular weight is 254 g/mol. The van der Waals surface area contributed by atoms with E-state index < -0.39 is 5.82 Å². The first kappa shape index (κ1) is 12.2. The number of benzene rings is 1. The molecule has 3 N–H and O–H groups in total. The van der Waals surface area contributed by atoms with Gasteiger partial charge in [-0.05, 0) is 31.0 Å². The van der Waals surface area contributed by atoms with Crippen molar-refractivity contribution in [1.82, 2.24) is 5.32 Å². The molecule has 1 fully saturated rings. The summed E-state index contributed by atoms with van der Waals surface area (Å²) in [7, 11) is 0. The minimum absolute atomic E-state index is 0.0796. The summed E-state index contributed by atoms with van der Waals surface area (Å²) in [5.41, 5.74) is 5.58. The summed E-state index contributed by atoms with van der Waals surface area (Å²) in [6.45, 7) is 0.742. The second-order valence-electron chi connectivity index (χ2n) is 4.12. The molecule has 0 bridgehead atoms. The Kier molecular flexibility index (Phi) is 3.89. The van der Waals surface area contributed by atoms with Crippen LogP contribution >= 0.6 is 11.8 Å². The fraction of sp³-hybridized carbons (Fsp3) is 0.417. The fourth-order valence-corrected chi connectivity index (χ4v) is 3.04. The molecule has 1 aliphatic rings. The molecule has 1 aromatic rings. The second-order valence-corrected chi connectivity index (χ2v) is 5.49. The minimum Gasteiger partial charge on any atom is -0.396 e. The van der Waals surface area contributed by atoms with Crippen LogP contribution in [0, 0.1) is 5.82 Å². The smallest absolute Gasteiger partial charge is 0.221 e. The van der Waals surface area contributed by atoms with Gasteiger partial charge >= 0.3 is 0 Å². The number of anilines is 1. The number of carbonyl (C=O) groups excluding carboxylic acids is 1. The molecule has 5 heteroatoms. The highest BCUT2D eigenvalue weighted by atomic mass is 32.2. The third kappa shape index (κ3) is 3.36. The van der Waals surface area contributed by atoms with Crippen LogP contribution in [0.25, 0.3) is 0 Å². The first-order chi connectivity index (χ1) is 8.15. The molecule has 92 valence electrons. The van der Waals surface area contributed by atoms with Gasteiger partial charge in [-0.1, -0.05) is 0 Å². The lowest BCUT2D eigenvalue weighted by molar-refractivity contribution is -0.120. The van der Waals surface area contributed by atoms with Crippen LogP contribution in [-0.2, 0) is 4.79 Å². The molecule has 17 heavy (non-hydrogen) atoms. The van der Waals surface area contributed by atoms with Crippen molar-refractivity contribution in [3.8, 4) is 0 Å². The molecule has 0 aliphatic carbocycles. The second kappa shape index (κ2) is 5.40. The van der Waals surface area contributed by atoms with E-state index in [0.717, 1.165) is 24.3 Å². The Hall–Kier alpha value is -1.23. The van der Waals surface area contributed by atoms with E-state index in [1.807, 2.05) is 0 Å². The molecule has 1 heterocycles. The van der Waals surface area contributed by atoms with Crippen LogP contribution < -0.4 is 11.1 Å². The normalized spacial score (nSPS) is 20.8. The van der Waals surface area contributed by atoms with Gasteiger partial charge in [-0.15, -0.1) is 11.8 Å². The summed E-state index contributed by atoms with van der Waals surface area (Å²) in [5, 5.41) is 3.06. The highest BCUT2D eigenvalue weighted by Crippen LogP contribution is 2.30. The number of rotatable bonds is 2. The number of nitrogen functional groups attached to an aromatic ring is 1. The van der Waals surface area contributed by atoms with Crippen molar-refractivity contribution in [2.24, 2.45) is 0 Å². The van der Waals surface area contributed by atoms with Crippen molar-refractivity contribution in [2.45, 2.75) is 29.4 Å². The third-order valence-corrected chi connectivity index (χ3v) is 3.97. The van der Waals surface area contributed by atoms with Gasteiger partial charge in [0.1, 0.15) is 5.82 Å². The largest absolute Gasteiger partial charge is 0.396 e. The van der Waals surface area contributed by atoms with Gasteiger partial charge in [0.05, 0.1) is 5.69 Å².